The minimum Gasteiger partial charge on any atom is -0.322 e. The minimum absolute atomic E-state index is 0.230. The van der Waals surface area contributed by atoms with Gasteiger partial charge in [0.15, 0.2) is 0 Å². The molecule has 0 saturated carbocycles. The molecule has 1 unspecified atom stereocenters. The summed E-state index contributed by atoms with van der Waals surface area (Å²) < 4.78 is 12.7. The van der Waals surface area contributed by atoms with E-state index < -0.39 is 0 Å². The quantitative estimate of drug-likeness (QED) is 0.890. The van der Waals surface area contributed by atoms with Gasteiger partial charge in [-0.15, -0.1) is 11.3 Å². The molecule has 0 aromatic carbocycles. The molecule has 0 saturated heterocycles. The molecular weight excluding hydrogens is 225 g/mol. The second kappa shape index (κ2) is 4.67. The second-order valence-electron chi connectivity index (χ2n) is 3.59. The van der Waals surface area contributed by atoms with Gasteiger partial charge in [-0.3, -0.25) is 4.98 Å². The zero-order valence-corrected chi connectivity index (χ0v) is 9.67. The molecule has 0 aliphatic rings. The van der Waals surface area contributed by atoms with Crippen LogP contribution in [-0.4, -0.2) is 9.97 Å². The van der Waals surface area contributed by atoms with E-state index in [4.69, 9.17) is 5.73 Å². The first-order valence-corrected chi connectivity index (χ1v) is 5.81. The van der Waals surface area contributed by atoms with Crippen molar-refractivity contribution in [3.63, 3.8) is 0 Å². The summed E-state index contributed by atoms with van der Waals surface area (Å²) in [6.07, 6.45) is 1.82. The fourth-order valence-electron chi connectivity index (χ4n) is 1.40. The van der Waals surface area contributed by atoms with Gasteiger partial charge < -0.3 is 5.73 Å². The molecule has 0 bridgehead atoms. The Morgan fingerprint density at radius 3 is 2.88 bits per heavy atom. The zero-order valence-electron chi connectivity index (χ0n) is 8.85. The molecule has 0 aliphatic heterocycles. The molecule has 0 radical (unpaired) electrons. The van der Waals surface area contributed by atoms with Gasteiger partial charge in [0.1, 0.15) is 5.82 Å². The molecule has 2 rings (SSSR count). The lowest BCUT2D eigenvalue weighted by atomic mass is 10.1. The lowest BCUT2D eigenvalue weighted by molar-refractivity contribution is 0.612. The Hall–Kier alpha value is -1.33. The molecule has 2 aromatic heterocycles. The topological polar surface area (TPSA) is 51.8 Å². The predicted octanol–water partition coefficient (Wildman–Crippen LogP) is 2.23. The van der Waals surface area contributed by atoms with Gasteiger partial charge in [0.05, 0.1) is 22.9 Å². The second-order valence-corrected chi connectivity index (χ2v) is 4.54. The monoisotopic (exact) mass is 237 g/mol. The highest BCUT2D eigenvalue weighted by molar-refractivity contribution is 7.09. The van der Waals surface area contributed by atoms with Crippen molar-refractivity contribution in [1.29, 1.82) is 0 Å². The van der Waals surface area contributed by atoms with E-state index in [9.17, 15) is 4.39 Å². The Kier molecular flexibility index (Phi) is 3.26. The smallest absolute Gasteiger partial charge is 0.141 e. The first kappa shape index (κ1) is 11.2. The zero-order chi connectivity index (χ0) is 11.5. The average molecular weight is 237 g/mol. The third-order valence-electron chi connectivity index (χ3n) is 2.19. The molecule has 16 heavy (non-hydrogen) atoms. The summed E-state index contributed by atoms with van der Waals surface area (Å²) in [6.45, 7) is 1.95. The van der Waals surface area contributed by atoms with Crippen LogP contribution in [0.5, 0.6) is 0 Å². The van der Waals surface area contributed by atoms with Crippen LogP contribution < -0.4 is 5.73 Å². The van der Waals surface area contributed by atoms with Crippen molar-refractivity contribution in [3.05, 3.63) is 45.9 Å². The number of thiazole rings is 1. The Morgan fingerprint density at radius 2 is 2.31 bits per heavy atom. The summed E-state index contributed by atoms with van der Waals surface area (Å²) >= 11 is 1.58. The molecule has 3 nitrogen and oxygen atoms in total. The van der Waals surface area contributed by atoms with Gasteiger partial charge >= 0.3 is 0 Å². The summed E-state index contributed by atoms with van der Waals surface area (Å²) in [4.78, 5) is 8.29. The minimum atomic E-state index is -0.346. The normalized spacial score (nSPS) is 12.7. The van der Waals surface area contributed by atoms with Crippen molar-refractivity contribution in [2.24, 2.45) is 5.73 Å². The van der Waals surface area contributed by atoms with Crippen LogP contribution in [-0.2, 0) is 6.42 Å². The summed E-state index contributed by atoms with van der Waals surface area (Å²) in [5, 5.41) is 2.97. The Balaban J connectivity index is 2.08. The van der Waals surface area contributed by atoms with E-state index in [0.29, 0.717) is 12.1 Å². The van der Waals surface area contributed by atoms with Crippen molar-refractivity contribution in [2.45, 2.75) is 19.4 Å². The maximum Gasteiger partial charge on any atom is 0.141 e. The van der Waals surface area contributed by atoms with Crippen molar-refractivity contribution >= 4 is 11.3 Å². The lowest BCUT2D eigenvalue weighted by Crippen LogP contribution is -2.14. The molecule has 84 valence electrons. The van der Waals surface area contributed by atoms with Crippen LogP contribution in [0.2, 0.25) is 0 Å². The van der Waals surface area contributed by atoms with Gasteiger partial charge in [-0.2, -0.15) is 0 Å². The fraction of sp³-hybridized carbons (Fsp3) is 0.273. The number of aryl methyl sites for hydroxylation is 1. The number of rotatable bonds is 3. The van der Waals surface area contributed by atoms with E-state index in [1.54, 1.807) is 17.4 Å². The van der Waals surface area contributed by atoms with E-state index >= 15 is 0 Å². The van der Waals surface area contributed by atoms with Crippen LogP contribution in [0.15, 0.2) is 23.7 Å². The molecule has 0 fully saturated rings. The molecule has 0 amide bonds. The van der Waals surface area contributed by atoms with Crippen molar-refractivity contribution in [1.82, 2.24) is 9.97 Å². The SMILES string of the molecule is Cc1csc(CC(N)c2ccc(F)cn2)n1. The van der Waals surface area contributed by atoms with E-state index in [0.717, 1.165) is 10.7 Å². The number of hydrogen-bond donors (Lipinski definition) is 1. The van der Waals surface area contributed by atoms with Crippen LogP contribution in [0.3, 0.4) is 0 Å². The largest absolute Gasteiger partial charge is 0.322 e. The van der Waals surface area contributed by atoms with Crippen molar-refractivity contribution < 1.29 is 4.39 Å². The van der Waals surface area contributed by atoms with Crippen LogP contribution >= 0.6 is 11.3 Å². The molecule has 2 heterocycles. The lowest BCUT2D eigenvalue weighted by Gasteiger charge is -2.08. The summed E-state index contributed by atoms with van der Waals surface area (Å²) in [5.74, 6) is -0.346. The molecule has 1 atom stereocenters. The predicted molar refractivity (Wildman–Crippen MR) is 61.7 cm³/mol. The maximum atomic E-state index is 12.7. The Bertz CT molecular complexity index is 466. The molecule has 2 N–H and O–H groups in total. The van der Waals surface area contributed by atoms with E-state index in [1.165, 1.54) is 12.3 Å². The number of nitrogens with two attached hydrogens (primary N) is 1. The third-order valence-corrected chi connectivity index (χ3v) is 3.18. The van der Waals surface area contributed by atoms with Gasteiger partial charge in [-0.25, -0.2) is 9.37 Å². The molecule has 2 aromatic rings. The number of halogens is 1. The van der Waals surface area contributed by atoms with Crippen molar-refractivity contribution in [2.75, 3.05) is 0 Å². The first-order chi connectivity index (χ1) is 7.65. The average Bonchev–Trinajstić information content (AvgIpc) is 2.65. The summed E-state index contributed by atoms with van der Waals surface area (Å²) in [7, 11) is 0. The summed E-state index contributed by atoms with van der Waals surface area (Å²) in [5.41, 5.74) is 7.66. The molecular formula is C11H12FN3S. The van der Waals surface area contributed by atoms with Crippen molar-refractivity contribution in [3.8, 4) is 0 Å². The van der Waals surface area contributed by atoms with Crippen LogP contribution in [0.4, 0.5) is 4.39 Å². The van der Waals surface area contributed by atoms with E-state index in [2.05, 4.69) is 9.97 Å². The van der Waals surface area contributed by atoms with Crippen LogP contribution in [0.1, 0.15) is 22.4 Å². The van der Waals surface area contributed by atoms with E-state index in [-0.39, 0.29) is 11.9 Å². The number of hydrogen-bond acceptors (Lipinski definition) is 4. The highest BCUT2D eigenvalue weighted by Crippen LogP contribution is 2.17. The highest BCUT2D eigenvalue weighted by Gasteiger charge is 2.10. The van der Waals surface area contributed by atoms with Gasteiger partial charge in [-0.1, -0.05) is 0 Å². The number of nitrogens with zero attached hydrogens (tertiary/aromatic N) is 2. The molecule has 0 spiro atoms. The van der Waals surface area contributed by atoms with Gasteiger partial charge in [0.2, 0.25) is 0 Å². The highest BCUT2D eigenvalue weighted by atomic mass is 32.1. The van der Waals surface area contributed by atoms with Gasteiger partial charge in [0, 0.05) is 17.5 Å². The van der Waals surface area contributed by atoms with E-state index in [1.807, 2.05) is 12.3 Å². The summed E-state index contributed by atoms with van der Waals surface area (Å²) in [6, 6.07) is 2.75. The van der Waals surface area contributed by atoms with Crippen LogP contribution in [0.25, 0.3) is 0 Å². The number of pyridine rings is 1. The first-order valence-electron chi connectivity index (χ1n) is 4.93. The molecule has 0 aliphatic carbocycles. The fourth-order valence-corrected chi connectivity index (χ4v) is 2.23. The molecule has 5 heteroatoms. The van der Waals surface area contributed by atoms with Gasteiger partial charge in [-0.05, 0) is 19.1 Å². The Labute approximate surface area is 97.2 Å². The van der Waals surface area contributed by atoms with Crippen LogP contribution in [0, 0.1) is 12.7 Å². The van der Waals surface area contributed by atoms with Gasteiger partial charge in [0.25, 0.3) is 0 Å². The third kappa shape index (κ3) is 2.62. The standard InChI is InChI=1S/C11H12FN3S/c1-7-6-16-11(15-7)4-9(13)10-3-2-8(12)5-14-10/h2-3,5-6,9H,4,13H2,1H3. The Morgan fingerprint density at radius 1 is 1.50 bits per heavy atom. The maximum absolute atomic E-state index is 12.7. The number of aromatic nitrogens is 2.